The van der Waals surface area contributed by atoms with Crippen molar-refractivity contribution in [1.82, 2.24) is 9.97 Å². The van der Waals surface area contributed by atoms with Gasteiger partial charge in [0.2, 0.25) is 0 Å². The van der Waals surface area contributed by atoms with E-state index in [1.54, 1.807) is 12.4 Å². The van der Waals surface area contributed by atoms with Crippen LogP contribution in [0.15, 0.2) is 12.4 Å². The van der Waals surface area contributed by atoms with E-state index in [1.165, 1.54) is 25.7 Å². The van der Waals surface area contributed by atoms with E-state index < -0.39 is 0 Å². The van der Waals surface area contributed by atoms with Gasteiger partial charge in [-0.15, -0.1) is 0 Å². The summed E-state index contributed by atoms with van der Waals surface area (Å²) >= 11 is 5.91. The van der Waals surface area contributed by atoms with E-state index in [-0.39, 0.29) is 0 Å². The van der Waals surface area contributed by atoms with Crippen molar-refractivity contribution in [2.24, 2.45) is 5.41 Å². The molecule has 1 heterocycles. The third-order valence-electron chi connectivity index (χ3n) is 3.02. The van der Waals surface area contributed by atoms with Crippen LogP contribution in [0.1, 0.15) is 32.6 Å². The van der Waals surface area contributed by atoms with E-state index in [9.17, 15) is 0 Å². The summed E-state index contributed by atoms with van der Waals surface area (Å²) in [4.78, 5) is 8.15. The number of nitrogens with zero attached hydrogens (tertiary/aromatic N) is 2. The summed E-state index contributed by atoms with van der Waals surface area (Å²) in [6, 6.07) is 0. The minimum Gasteiger partial charge on any atom is -0.367 e. The predicted octanol–water partition coefficient (Wildman–Crippen LogP) is 3.12. The second-order valence-electron chi connectivity index (χ2n) is 4.30. The predicted molar refractivity (Wildman–Crippen MR) is 62.1 cm³/mol. The van der Waals surface area contributed by atoms with E-state index in [0.717, 1.165) is 6.54 Å². The number of anilines is 1. The molecule has 0 saturated heterocycles. The highest BCUT2D eigenvalue weighted by Gasteiger charge is 2.41. The Morgan fingerprint density at radius 2 is 2.13 bits per heavy atom. The summed E-state index contributed by atoms with van der Waals surface area (Å²) in [6.07, 6.45) is 8.45. The first-order valence-electron chi connectivity index (χ1n) is 5.46. The summed E-state index contributed by atoms with van der Waals surface area (Å²) in [5.74, 6) is 0.710. The Balaban J connectivity index is 1.91. The van der Waals surface area contributed by atoms with E-state index in [1.807, 2.05) is 0 Å². The van der Waals surface area contributed by atoms with Gasteiger partial charge in [0, 0.05) is 18.9 Å². The lowest BCUT2D eigenvalue weighted by Crippen LogP contribution is -2.16. The standard InChI is InChI=1S/C11H16ClN3/c1-2-3-11(4-5-11)8-15-10-9(12)13-6-7-14-10/h6-7H,2-5,8H2,1H3,(H,14,15). The van der Waals surface area contributed by atoms with Crippen LogP contribution in [0.2, 0.25) is 5.15 Å². The molecule has 0 radical (unpaired) electrons. The number of rotatable bonds is 5. The molecule has 1 aliphatic rings. The number of aromatic nitrogens is 2. The Labute approximate surface area is 95.3 Å². The van der Waals surface area contributed by atoms with Gasteiger partial charge in [0.1, 0.15) is 0 Å². The minimum absolute atomic E-state index is 0.463. The maximum Gasteiger partial charge on any atom is 0.171 e. The number of halogens is 1. The summed E-state index contributed by atoms with van der Waals surface area (Å²) in [7, 11) is 0. The van der Waals surface area contributed by atoms with Gasteiger partial charge in [-0.2, -0.15) is 0 Å². The van der Waals surface area contributed by atoms with Crippen LogP contribution in [-0.2, 0) is 0 Å². The molecular weight excluding hydrogens is 210 g/mol. The summed E-state index contributed by atoms with van der Waals surface area (Å²) < 4.78 is 0. The van der Waals surface area contributed by atoms with Gasteiger partial charge in [0.25, 0.3) is 0 Å². The fourth-order valence-electron chi connectivity index (χ4n) is 1.93. The van der Waals surface area contributed by atoms with Gasteiger partial charge in [0.15, 0.2) is 11.0 Å². The Morgan fingerprint density at radius 1 is 1.40 bits per heavy atom. The van der Waals surface area contributed by atoms with Gasteiger partial charge in [-0.05, 0) is 24.7 Å². The van der Waals surface area contributed by atoms with Gasteiger partial charge in [0.05, 0.1) is 0 Å². The molecule has 15 heavy (non-hydrogen) atoms. The van der Waals surface area contributed by atoms with Crippen LogP contribution in [0.3, 0.4) is 0 Å². The average Bonchev–Trinajstić information content (AvgIpc) is 2.98. The molecule has 2 rings (SSSR count). The first-order valence-corrected chi connectivity index (χ1v) is 5.84. The Kier molecular flexibility index (Phi) is 3.10. The van der Waals surface area contributed by atoms with Crippen molar-refractivity contribution in [1.29, 1.82) is 0 Å². The lowest BCUT2D eigenvalue weighted by molar-refractivity contribution is 0.485. The molecule has 0 aromatic carbocycles. The molecule has 4 heteroatoms. The number of hydrogen-bond acceptors (Lipinski definition) is 3. The smallest absolute Gasteiger partial charge is 0.171 e. The Hall–Kier alpha value is -0.830. The third kappa shape index (κ3) is 2.59. The van der Waals surface area contributed by atoms with Crippen LogP contribution in [-0.4, -0.2) is 16.5 Å². The topological polar surface area (TPSA) is 37.8 Å². The Bertz CT molecular complexity index is 336. The van der Waals surface area contributed by atoms with Gasteiger partial charge < -0.3 is 5.32 Å². The van der Waals surface area contributed by atoms with Crippen molar-refractivity contribution in [3.8, 4) is 0 Å². The first-order chi connectivity index (χ1) is 7.26. The molecule has 0 atom stereocenters. The van der Waals surface area contributed by atoms with Gasteiger partial charge in [-0.3, -0.25) is 0 Å². The van der Waals surface area contributed by atoms with Crippen LogP contribution in [0.5, 0.6) is 0 Å². The highest BCUT2D eigenvalue weighted by atomic mass is 35.5. The summed E-state index contributed by atoms with van der Waals surface area (Å²) in [5.41, 5.74) is 0.510. The zero-order chi connectivity index (χ0) is 10.7. The molecule has 0 unspecified atom stereocenters. The molecule has 0 aliphatic heterocycles. The van der Waals surface area contributed by atoms with Gasteiger partial charge in [-0.1, -0.05) is 24.9 Å². The maximum absolute atomic E-state index is 5.91. The normalized spacial score (nSPS) is 17.5. The summed E-state index contributed by atoms with van der Waals surface area (Å²) in [5, 5.41) is 3.76. The zero-order valence-electron chi connectivity index (χ0n) is 8.96. The van der Waals surface area contributed by atoms with Crippen molar-refractivity contribution in [3.63, 3.8) is 0 Å². The molecule has 1 N–H and O–H groups in total. The Morgan fingerprint density at radius 3 is 2.73 bits per heavy atom. The third-order valence-corrected chi connectivity index (χ3v) is 3.30. The number of hydrogen-bond donors (Lipinski definition) is 1. The zero-order valence-corrected chi connectivity index (χ0v) is 9.72. The second-order valence-corrected chi connectivity index (χ2v) is 4.66. The van der Waals surface area contributed by atoms with Crippen molar-refractivity contribution < 1.29 is 0 Å². The van der Waals surface area contributed by atoms with Crippen molar-refractivity contribution in [3.05, 3.63) is 17.5 Å². The van der Waals surface area contributed by atoms with Crippen LogP contribution >= 0.6 is 11.6 Å². The molecule has 1 saturated carbocycles. The van der Waals surface area contributed by atoms with E-state index >= 15 is 0 Å². The molecule has 1 aromatic rings. The molecule has 0 spiro atoms. The molecule has 1 aromatic heterocycles. The molecule has 0 bridgehead atoms. The quantitative estimate of drug-likeness (QED) is 0.837. The number of nitrogens with one attached hydrogen (secondary N) is 1. The van der Waals surface area contributed by atoms with E-state index in [4.69, 9.17) is 11.6 Å². The van der Waals surface area contributed by atoms with E-state index in [2.05, 4.69) is 22.2 Å². The van der Waals surface area contributed by atoms with Crippen LogP contribution in [0, 0.1) is 5.41 Å². The largest absolute Gasteiger partial charge is 0.367 e. The fourth-order valence-corrected chi connectivity index (χ4v) is 2.11. The van der Waals surface area contributed by atoms with Gasteiger partial charge >= 0.3 is 0 Å². The molecular formula is C11H16ClN3. The maximum atomic E-state index is 5.91. The van der Waals surface area contributed by atoms with Crippen molar-refractivity contribution in [2.45, 2.75) is 32.6 Å². The minimum atomic E-state index is 0.463. The summed E-state index contributed by atoms with van der Waals surface area (Å²) in [6.45, 7) is 3.20. The van der Waals surface area contributed by atoms with Crippen LogP contribution < -0.4 is 5.32 Å². The molecule has 82 valence electrons. The highest BCUT2D eigenvalue weighted by molar-refractivity contribution is 6.31. The fraction of sp³-hybridized carbons (Fsp3) is 0.636. The highest BCUT2D eigenvalue weighted by Crippen LogP contribution is 2.49. The van der Waals surface area contributed by atoms with Crippen molar-refractivity contribution in [2.75, 3.05) is 11.9 Å². The SMILES string of the molecule is CCCC1(CNc2nccnc2Cl)CC1. The lowest BCUT2D eigenvalue weighted by Gasteiger charge is -2.15. The van der Waals surface area contributed by atoms with Gasteiger partial charge in [-0.25, -0.2) is 9.97 Å². The van der Waals surface area contributed by atoms with Crippen LogP contribution in [0.25, 0.3) is 0 Å². The molecule has 0 amide bonds. The average molecular weight is 226 g/mol. The second kappa shape index (κ2) is 4.35. The lowest BCUT2D eigenvalue weighted by atomic mass is 10.0. The monoisotopic (exact) mass is 225 g/mol. The van der Waals surface area contributed by atoms with E-state index in [0.29, 0.717) is 16.4 Å². The van der Waals surface area contributed by atoms with Crippen molar-refractivity contribution >= 4 is 17.4 Å². The molecule has 3 nitrogen and oxygen atoms in total. The molecule has 1 aliphatic carbocycles. The first kappa shape index (κ1) is 10.7. The molecule has 1 fully saturated rings. The van der Waals surface area contributed by atoms with Crippen LogP contribution in [0.4, 0.5) is 5.82 Å².